The summed E-state index contributed by atoms with van der Waals surface area (Å²) in [6.45, 7) is 3.11. The molecule has 0 atom stereocenters. The molecule has 0 aromatic heterocycles. The molecule has 0 heterocycles. The zero-order chi connectivity index (χ0) is 15.2. The Balaban J connectivity index is 2.00. The number of ether oxygens (including phenoxy) is 1. The van der Waals surface area contributed by atoms with Gasteiger partial charge in [0.25, 0.3) is 0 Å². The van der Waals surface area contributed by atoms with Crippen molar-refractivity contribution < 1.29 is 9.53 Å². The van der Waals surface area contributed by atoms with Crippen LogP contribution in [-0.4, -0.2) is 31.1 Å². The largest absolute Gasteiger partial charge is 0.465 e. The first-order valence-electron chi connectivity index (χ1n) is 8.02. The molecule has 1 saturated carbocycles. The van der Waals surface area contributed by atoms with Crippen molar-refractivity contribution in [3.05, 3.63) is 35.4 Å². The maximum atomic E-state index is 11.8. The van der Waals surface area contributed by atoms with Crippen LogP contribution in [0, 0.1) is 5.92 Å². The van der Waals surface area contributed by atoms with E-state index in [1.165, 1.54) is 39.2 Å². The van der Waals surface area contributed by atoms with Gasteiger partial charge in [0.15, 0.2) is 0 Å². The smallest absolute Gasteiger partial charge is 0.338 e. The monoisotopic (exact) mass is 289 g/mol. The van der Waals surface area contributed by atoms with E-state index in [2.05, 4.69) is 18.9 Å². The molecule has 0 N–H and O–H groups in total. The Morgan fingerprint density at radius 1 is 1.24 bits per heavy atom. The maximum absolute atomic E-state index is 11.8. The zero-order valence-corrected chi connectivity index (χ0v) is 13.5. The molecule has 0 amide bonds. The van der Waals surface area contributed by atoms with Crippen molar-refractivity contribution >= 4 is 5.97 Å². The van der Waals surface area contributed by atoms with Gasteiger partial charge in [-0.2, -0.15) is 0 Å². The minimum Gasteiger partial charge on any atom is -0.465 e. The average molecular weight is 289 g/mol. The maximum Gasteiger partial charge on any atom is 0.338 e. The third kappa shape index (κ3) is 4.07. The summed E-state index contributed by atoms with van der Waals surface area (Å²) in [6, 6.07) is 8.40. The fraction of sp³-hybridized carbons (Fsp3) is 0.611. The molecule has 1 fully saturated rings. The standard InChI is InChI=1S/C18H27NO2/c1-4-14-9-11-16(12-10-14)19(2)13-15-7-5-6-8-17(15)18(20)21-3/h5-8,14,16H,4,9-13H2,1-3H3. The quantitative estimate of drug-likeness (QED) is 0.771. The van der Waals surface area contributed by atoms with Gasteiger partial charge in [-0.1, -0.05) is 31.5 Å². The van der Waals surface area contributed by atoms with Crippen molar-refractivity contribution in [1.82, 2.24) is 4.90 Å². The Morgan fingerprint density at radius 2 is 1.90 bits per heavy atom. The van der Waals surface area contributed by atoms with Crippen LogP contribution in [0.5, 0.6) is 0 Å². The van der Waals surface area contributed by atoms with Crippen LogP contribution in [0.1, 0.15) is 54.9 Å². The average Bonchev–Trinajstić information content (AvgIpc) is 2.54. The van der Waals surface area contributed by atoms with Crippen molar-refractivity contribution in [3.8, 4) is 0 Å². The van der Waals surface area contributed by atoms with Crippen molar-refractivity contribution in [2.75, 3.05) is 14.2 Å². The van der Waals surface area contributed by atoms with E-state index in [1.54, 1.807) is 0 Å². The van der Waals surface area contributed by atoms with E-state index < -0.39 is 0 Å². The van der Waals surface area contributed by atoms with E-state index in [4.69, 9.17) is 4.74 Å². The van der Waals surface area contributed by atoms with Gasteiger partial charge in [-0.25, -0.2) is 4.79 Å². The first-order valence-corrected chi connectivity index (χ1v) is 8.02. The molecule has 1 aromatic rings. The summed E-state index contributed by atoms with van der Waals surface area (Å²) < 4.78 is 4.88. The molecule has 3 nitrogen and oxygen atoms in total. The first kappa shape index (κ1) is 16.0. The molecule has 1 aliphatic rings. The molecule has 0 saturated heterocycles. The molecule has 0 spiro atoms. The van der Waals surface area contributed by atoms with Crippen LogP contribution in [0.4, 0.5) is 0 Å². The predicted octanol–water partition coefficient (Wildman–Crippen LogP) is 3.87. The molecule has 0 radical (unpaired) electrons. The summed E-state index contributed by atoms with van der Waals surface area (Å²) in [7, 11) is 3.61. The number of hydrogen-bond donors (Lipinski definition) is 0. The van der Waals surface area contributed by atoms with Crippen molar-refractivity contribution in [2.45, 2.75) is 51.6 Å². The number of rotatable bonds is 5. The van der Waals surface area contributed by atoms with E-state index >= 15 is 0 Å². The van der Waals surface area contributed by atoms with Crippen molar-refractivity contribution in [2.24, 2.45) is 5.92 Å². The van der Waals surface area contributed by atoms with Gasteiger partial charge in [0.05, 0.1) is 12.7 Å². The molecule has 21 heavy (non-hydrogen) atoms. The minimum absolute atomic E-state index is 0.242. The van der Waals surface area contributed by atoms with Crippen LogP contribution >= 0.6 is 0 Å². The number of nitrogens with zero attached hydrogens (tertiary/aromatic N) is 1. The number of hydrogen-bond acceptors (Lipinski definition) is 3. The van der Waals surface area contributed by atoms with Crippen LogP contribution in [0.2, 0.25) is 0 Å². The lowest BCUT2D eigenvalue weighted by Gasteiger charge is -2.34. The van der Waals surface area contributed by atoms with E-state index in [9.17, 15) is 4.79 Å². The highest BCUT2D eigenvalue weighted by molar-refractivity contribution is 5.90. The molecule has 0 aliphatic heterocycles. The van der Waals surface area contributed by atoms with Crippen LogP contribution in [0.25, 0.3) is 0 Å². The molecule has 2 rings (SSSR count). The van der Waals surface area contributed by atoms with Crippen LogP contribution in [-0.2, 0) is 11.3 Å². The predicted molar refractivity (Wildman–Crippen MR) is 85.3 cm³/mol. The lowest BCUT2D eigenvalue weighted by Crippen LogP contribution is -2.35. The molecular weight excluding hydrogens is 262 g/mol. The Kier molecular flexibility index (Phi) is 5.80. The number of methoxy groups -OCH3 is 1. The Morgan fingerprint density at radius 3 is 2.52 bits per heavy atom. The van der Waals surface area contributed by atoms with Crippen LogP contribution in [0.15, 0.2) is 24.3 Å². The highest BCUT2D eigenvalue weighted by atomic mass is 16.5. The van der Waals surface area contributed by atoms with Crippen molar-refractivity contribution in [1.29, 1.82) is 0 Å². The van der Waals surface area contributed by atoms with E-state index in [1.807, 2.05) is 24.3 Å². The van der Waals surface area contributed by atoms with E-state index in [0.29, 0.717) is 11.6 Å². The second kappa shape index (κ2) is 7.60. The molecule has 1 aromatic carbocycles. The van der Waals surface area contributed by atoms with Gasteiger partial charge in [-0.05, 0) is 50.3 Å². The Hall–Kier alpha value is -1.35. The van der Waals surface area contributed by atoms with Gasteiger partial charge >= 0.3 is 5.97 Å². The summed E-state index contributed by atoms with van der Waals surface area (Å²) in [6.07, 6.45) is 6.53. The third-order valence-electron chi connectivity index (χ3n) is 4.86. The number of esters is 1. The highest BCUT2D eigenvalue weighted by Gasteiger charge is 2.24. The second-order valence-corrected chi connectivity index (χ2v) is 6.15. The topological polar surface area (TPSA) is 29.5 Å². The number of benzene rings is 1. The number of carbonyl (C=O) groups excluding carboxylic acids is 1. The lowest BCUT2D eigenvalue weighted by atomic mass is 9.84. The summed E-state index contributed by atoms with van der Waals surface area (Å²) in [5, 5.41) is 0. The molecular formula is C18H27NO2. The van der Waals surface area contributed by atoms with E-state index in [0.717, 1.165) is 18.0 Å². The molecule has 1 aliphatic carbocycles. The zero-order valence-electron chi connectivity index (χ0n) is 13.5. The Labute approximate surface area is 128 Å². The van der Waals surface area contributed by atoms with Gasteiger partial charge in [-0.15, -0.1) is 0 Å². The fourth-order valence-electron chi connectivity index (χ4n) is 3.36. The van der Waals surface area contributed by atoms with Gasteiger partial charge in [0.1, 0.15) is 0 Å². The SMILES string of the molecule is CCC1CCC(N(C)Cc2ccccc2C(=O)OC)CC1. The fourth-order valence-corrected chi connectivity index (χ4v) is 3.36. The van der Waals surface area contributed by atoms with Gasteiger partial charge in [-0.3, -0.25) is 4.90 Å². The van der Waals surface area contributed by atoms with E-state index in [-0.39, 0.29) is 5.97 Å². The second-order valence-electron chi connectivity index (χ2n) is 6.15. The summed E-state index contributed by atoms with van der Waals surface area (Å²) in [5.74, 6) is 0.672. The Bertz CT molecular complexity index is 464. The van der Waals surface area contributed by atoms with Crippen molar-refractivity contribution in [3.63, 3.8) is 0 Å². The molecule has 116 valence electrons. The minimum atomic E-state index is -0.242. The number of carbonyl (C=O) groups is 1. The molecule has 0 bridgehead atoms. The summed E-state index contributed by atoms with van der Waals surface area (Å²) in [5.41, 5.74) is 1.75. The van der Waals surface area contributed by atoms with Gasteiger partial charge in [0, 0.05) is 12.6 Å². The molecule has 0 unspecified atom stereocenters. The van der Waals surface area contributed by atoms with Crippen LogP contribution < -0.4 is 0 Å². The summed E-state index contributed by atoms with van der Waals surface area (Å²) >= 11 is 0. The highest BCUT2D eigenvalue weighted by Crippen LogP contribution is 2.29. The third-order valence-corrected chi connectivity index (χ3v) is 4.86. The van der Waals surface area contributed by atoms with Gasteiger partial charge < -0.3 is 4.74 Å². The summed E-state index contributed by atoms with van der Waals surface area (Å²) in [4.78, 5) is 14.2. The normalized spacial score (nSPS) is 22.3. The first-order chi connectivity index (χ1) is 10.2. The lowest BCUT2D eigenvalue weighted by molar-refractivity contribution is 0.0597. The molecule has 3 heteroatoms. The van der Waals surface area contributed by atoms with Crippen LogP contribution in [0.3, 0.4) is 0 Å². The van der Waals surface area contributed by atoms with Gasteiger partial charge in [0.2, 0.25) is 0 Å².